The first-order valence-electron chi connectivity index (χ1n) is 7.64. The van der Waals surface area contributed by atoms with Gasteiger partial charge in [-0.1, -0.05) is 77.4 Å². The van der Waals surface area contributed by atoms with Gasteiger partial charge in [0.2, 0.25) is 0 Å². The third-order valence-corrected chi connectivity index (χ3v) is 2.75. The highest BCUT2D eigenvalue weighted by atomic mass is 14.5. The van der Waals surface area contributed by atoms with Gasteiger partial charge >= 0.3 is 0 Å². The minimum Gasteiger partial charge on any atom is -0.330 e. The summed E-state index contributed by atoms with van der Waals surface area (Å²) >= 11 is 0. The van der Waals surface area contributed by atoms with E-state index in [-0.39, 0.29) is 0 Å². The molecular formula is C16H35N. The van der Waals surface area contributed by atoms with Gasteiger partial charge in [0.15, 0.2) is 0 Å². The predicted octanol–water partition coefficient (Wildman–Crippen LogP) is 5.45. The Balaban J connectivity index is 0. The van der Waals surface area contributed by atoms with E-state index in [4.69, 9.17) is 5.73 Å². The molecule has 1 nitrogen and oxygen atoms in total. The van der Waals surface area contributed by atoms with Crippen molar-refractivity contribution in [3.63, 3.8) is 0 Å². The van der Waals surface area contributed by atoms with Crippen molar-refractivity contribution in [2.24, 2.45) is 5.73 Å². The van der Waals surface area contributed by atoms with E-state index < -0.39 is 0 Å². The molecule has 0 aromatic rings. The second kappa shape index (κ2) is 21.0. The SMILES string of the molecule is CC=CCCC.CCCCCCCCCCN. The Bertz CT molecular complexity index is 121. The van der Waals surface area contributed by atoms with E-state index in [1.54, 1.807) is 0 Å². The van der Waals surface area contributed by atoms with Crippen LogP contribution in [0.3, 0.4) is 0 Å². The molecule has 0 bridgehead atoms. The fraction of sp³-hybridized carbons (Fsp3) is 0.875. The Hall–Kier alpha value is -0.300. The minimum absolute atomic E-state index is 0.870. The molecule has 0 aliphatic heterocycles. The van der Waals surface area contributed by atoms with E-state index in [0.717, 1.165) is 6.54 Å². The van der Waals surface area contributed by atoms with Crippen LogP contribution in [-0.4, -0.2) is 6.54 Å². The summed E-state index contributed by atoms with van der Waals surface area (Å²) < 4.78 is 0. The first-order chi connectivity index (χ1) is 8.33. The smallest absolute Gasteiger partial charge is 0.00773 e. The van der Waals surface area contributed by atoms with Crippen LogP contribution in [-0.2, 0) is 0 Å². The van der Waals surface area contributed by atoms with Crippen molar-refractivity contribution in [2.75, 3.05) is 6.54 Å². The lowest BCUT2D eigenvalue weighted by atomic mass is 10.1. The van der Waals surface area contributed by atoms with Crippen molar-refractivity contribution < 1.29 is 0 Å². The Morgan fingerprint density at radius 3 is 1.65 bits per heavy atom. The molecule has 0 heterocycles. The van der Waals surface area contributed by atoms with E-state index in [0.29, 0.717) is 0 Å². The molecule has 0 unspecified atom stereocenters. The van der Waals surface area contributed by atoms with Crippen LogP contribution in [0, 0.1) is 0 Å². The Kier molecular flexibility index (Phi) is 23.6. The van der Waals surface area contributed by atoms with Gasteiger partial charge in [-0.3, -0.25) is 0 Å². The number of allylic oxidation sites excluding steroid dienone is 2. The molecule has 0 spiro atoms. The molecule has 0 saturated heterocycles. The molecule has 0 aromatic carbocycles. The Morgan fingerprint density at radius 2 is 1.29 bits per heavy atom. The topological polar surface area (TPSA) is 26.0 Å². The summed E-state index contributed by atoms with van der Waals surface area (Å²) in [6.45, 7) is 7.36. The van der Waals surface area contributed by atoms with Crippen molar-refractivity contribution in [1.82, 2.24) is 0 Å². The second-order valence-electron chi connectivity index (χ2n) is 4.62. The Labute approximate surface area is 110 Å². The van der Waals surface area contributed by atoms with Gasteiger partial charge in [-0.25, -0.2) is 0 Å². The summed E-state index contributed by atoms with van der Waals surface area (Å²) in [4.78, 5) is 0. The van der Waals surface area contributed by atoms with Crippen molar-refractivity contribution in [2.45, 2.75) is 85.0 Å². The first kappa shape index (κ1) is 19.0. The molecule has 0 atom stereocenters. The van der Waals surface area contributed by atoms with E-state index in [1.807, 2.05) is 0 Å². The van der Waals surface area contributed by atoms with Gasteiger partial charge in [0.05, 0.1) is 0 Å². The molecule has 1 heteroatoms. The fourth-order valence-electron chi connectivity index (χ4n) is 1.61. The van der Waals surface area contributed by atoms with Crippen LogP contribution < -0.4 is 5.73 Å². The average Bonchev–Trinajstić information content (AvgIpc) is 2.36. The average molecular weight is 241 g/mol. The van der Waals surface area contributed by atoms with Crippen LogP contribution in [0.4, 0.5) is 0 Å². The maximum atomic E-state index is 5.39. The van der Waals surface area contributed by atoms with E-state index in [9.17, 15) is 0 Å². The summed E-state index contributed by atoms with van der Waals surface area (Å²) in [5.41, 5.74) is 5.39. The Morgan fingerprint density at radius 1 is 0.765 bits per heavy atom. The van der Waals surface area contributed by atoms with Gasteiger partial charge < -0.3 is 5.73 Å². The predicted molar refractivity (Wildman–Crippen MR) is 81.4 cm³/mol. The number of unbranched alkanes of at least 4 members (excludes halogenated alkanes) is 8. The third kappa shape index (κ3) is 25.7. The fourth-order valence-corrected chi connectivity index (χ4v) is 1.61. The molecule has 17 heavy (non-hydrogen) atoms. The summed E-state index contributed by atoms with van der Waals surface area (Å²) in [6.07, 6.45) is 17.7. The van der Waals surface area contributed by atoms with Crippen molar-refractivity contribution in [3.8, 4) is 0 Å². The highest BCUT2D eigenvalue weighted by Crippen LogP contribution is 2.07. The number of hydrogen-bond acceptors (Lipinski definition) is 1. The summed E-state index contributed by atoms with van der Waals surface area (Å²) in [7, 11) is 0. The highest BCUT2D eigenvalue weighted by Gasteiger charge is 1.89. The zero-order valence-corrected chi connectivity index (χ0v) is 12.5. The van der Waals surface area contributed by atoms with Gasteiger partial charge in [-0.15, -0.1) is 0 Å². The zero-order valence-electron chi connectivity index (χ0n) is 12.5. The molecule has 0 rings (SSSR count). The standard InChI is InChI=1S/C10H23N.C6H12/c1-2-3-4-5-6-7-8-9-10-11;1-3-5-6-4-2/h2-11H2,1H3;3,5H,4,6H2,1-2H3. The number of rotatable bonds is 10. The van der Waals surface area contributed by atoms with Crippen LogP contribution in [0.2, 0.25) is 0 Å². The monoisotopic (exact) mass is 241 g/mol. The maximum absolute atomic E-state index is 5.39. The highest BCUT2D eigenvalue weighted by molar-refractivity contribution is 4.75. The van der Waals surface area contributed by atoms with Crippen LogP contribution >= 0.6 is 0 Å². The lowest BCUT2D eigenvalue weighted by Crippen LogP contribution is -1.97. The minimum atomic E-state index is 0.870. The molecule has 0 fully saturated rings. The molecule has 0 aliphatic carbocycles. The first-order valence-corrected chi connectivity index (χ1v) is 7.64. The van der Waals surface area contributed by atoms with Crippen molar-refractivity contribution in [3.05, 3.63) is 12.2 Å². The van der Waals surface area contributed by atoms with Gasteiger partial charge in [0.25, 0.3) is 0 Å². The molecular weight excluding hydrogens is 206 g/mol. The number of hydrogen-bond donors (Lipinski definition) is 1. The molecule has 104 valence electrons. The zero-order chi connectivity index (χ0) is 13.2. The summed E-state index contributed by atoms with van der Waals surface area (Å²) in [5, 5.41) is 0. The van der Waals surface area contributed by atoms with E-state index in [1.165, 1.54) is 64.2 Å². The van der Waals surface area contributed by atoms with Crippen LogP contribution in [0.1, 0.15) is 85.0 Å². The normalized spacial score (nSPS) is 10.4. The van der Waals surface area contributed by atoms with Crippen LogP contribution in [0.15, 0.2) is 12.2 Å². The molecule has 0 amide bonds. The molecule has 0 aromatic heterocycles. The van der Waals surface area contributed by atoms with Crippen LogP contribution in [0.25, 0.3) is 0 Å². The molecule has 0 saturated carbocycles. The van der Waals surface area contributed by atoms with Gasteiger partial charge in [0.1, 0.15) is 0 Å². The van der Waals surface area contributed by atoms with Crippen molar-refractivity contribution in [1.29, 1.82) is 0 Å². The lowest BCUT2D eigenvalue weighted by molar-refractivity contribution is 0.578. The van der Waals surface area contributed by atoms with Gasteiger partial charge in [0, 0.05) is 0 Å². The summed E-state index contributed by atoms with van der Waals surface area (Å²) in [5.74, 6) is 0. The second-order valence-corrected chi connectivity index (χ2v) is 4.62. The lowest BCUT2D eigenvalue weighted by Gasteiger charge is -1.99. The quantitative estimate of drug-likeness (QED) is 0.399. The summed E-state index contributed by atoms with van der Waals surface area (Å²) in [6, 6.07) is 0. The van der Waals surface area contributed by atoms with Crippen molar-refractivity contribution >= 4 is 0 Å². The molecule has 0 aliphatic rings. The third-order valence-electron chi connectivity index (χ3n) is 2.75. The van der Waals surface area contributed by atoms with Crippen LogP contribution in [0.5, 0.6) is 0 Å². The van der Waals surface area contributed by atoms with Gasteiger partial charge in [-0.05, 0) is 26.3 Å². The maximum Gasteiger partial charge on any atom is -0.00773 e. The van der Waals surface area contributed by atoms with E-state index in [2.05, 4.69) is 32.9 Å². The molecule has 2 N–H and O–H groups in total. The molecule has 0 radical (unpaired) electrons. The van der Waals surface area contributed by atoms with E-state index >= 15 is 0 Å². The largest absolute Gasteiger partial charge is 0.330 e. The van der Waals surface area contributed by atoms with Gasteiger partial charge in [-0.2, -0.15) is 0 Å². The number of nitrogens with two attached hydrogens (primary N) is 1.